The molecule has 0 spiro atoms. The normalized spacial score (nSPS) is 17.5. The van der Waals surface area contributed by atoms with E-state index in [0.717, 1.165) is 53.4 Å². The fourth-order valence-electron chi connectivity index (χ4n) is 2.37. The molecule has 1 aromatic carbocycles. The molecule has 0 unspecified atom stereocenters. The van der Waals surface area contributed by atoms with Crippen LogP contribution in [0.4, 0.5) is 0 Å². The molecule has 4 nitrogen and oxygen atoms in total. The lowest BCUT2D eigenvalue weighted by Gasteiger charge is -2.08. The minimum Gasteiger partial charge on any atom is -0.490 e. The number of nitrogens with one attached hydrogen (secondary N) is 1. The van der Waals surface area contributed by atoms with Gasteiger partial charge >= 0.3 is 0 Å². The first-order chi connectivity index (χ1) is 10.4. The van der Waals surface area contributed by atoms with Crippen LogP contribution in [0.5, 0.6) is 11.5 Å². The molecule has 0 bridgehead atoms. The van der Waals surface area contributed by atoms with Gasteiger partial charge in [-0.25, -0.2) is 4.98 Å². The Kier molecular flexibility index (Phi) is 3.53. The third-order valence-corrected chi connectivity index (χ3v) is 4.56. The average molecular weight is 302 g/mol. The van der Waals surface area contributed by atoms with E-state index in [1.807, 2.05) is 12.1 Å². The Labute approximate surface area is 128 Å². The molecule has 0 atom stereocenters. The van der Waals surface area contributed by atoms with Crippen molar-refractivity contribution in [3.05, 3.63) is 28.6 Å². The highest BCUT2D eigenvalue weighted by molar-refractivity contribution is 7.09. The average Bonchev–Trinajstić information content (AvgIpc) is 3.27. The van der Waals surface area contributed by atoms with Crippen molar-refractivity contribution < 1.29 is 9.47 Å². The Morgan fingerprint density at radius 2 is 2.05 bits per heavy atom. The minimum absolute atomic E-state index is 0.712. The lowest BCUT2D eigenvalue weighted by molar-refractivity contribution is 0.297. The summed E-state index contributed by atoms with van der Waals surface area (Å²) in [4.78, 5) is 4.71. The number of aromatic nitrogens is 1. The molecule has 0 saturated heterocycles. The summed E-state index contributed by atoms with van der Waals surface area (Å²) < 4.78 is 11.4. The summed E-state index contributed by atoms with van der Waals surface area (Å²) in [6.45, 7) is 2.31. The largest absolute Gasteiger partial charge is 0.490 e. The van der Waals surface area contributed by atoms with Crippen molar-refractivity contribution in [3.63, 3.8) is 0 Å². The number of benzene rings is 1. The lowest BCUT2D eigenvalue weighted by Crippen LogP contribution is -2.14. The van der Waals surface area contributed by atoms with Gasteiger partial charge in [0.1, 0.15) is 5.01 Å². The molecule has 1 aliphatic carbocycles. The van der Waals surface area contributed by atoms with Crippen LogP contribution in [0.3, 0.4) is 0 Å². The third kappa shape index (κ3) is 3.04. The molecule has 110 valence electrons. The maximum atomic E-state index is 5.74. The first-order valence-corrected chi connectivity index (χ1v) is 8.34. The smallest absolute Gasteiger partial charge is 0.161 e. The van der Waals surface area contributed by atoms with Crippen molar-refractivity contribution in [1.29, 1.82) is 0 Å². The molecule has 2 aliphatic rings. The molecular formula is C16H18N2O2S. The van der Waals surface area contributed by atoms with Gasteiger partial charge in [0.2, 0.25) is 0 Å². The molecule has 0 amide bonds. The number of hydrogen-bond acceptors (Lipinski definition) is 5. The van der Waals surface area contributed by atoms with Gasteiger partial charge in [-0.05, 0) is 31.0 Å². The van der Waals surface area contributed by atoms with Gasteiger partial charge in [0, 0.05) is 30.0 Å². The zero-order chi connectivity index (χ0) is 14.1. The zero-order valence-electron chi connectivity index (χ0n) is 11.8. The first-order valence-electron chi connectivity index (χ1n) is 7.46. The SMILES string of the molecule is c1cc2c(cc1-c1csc(CNC3CC3)n1)OCCCO2. The van der Waals surface area contributed by atoms with Crippen molar-refractivity contribution in [2.24, 2.45) is 0 Å². The highest BCUT2D eigenvalue weighted by atomic mass is 32.1. The van der Waals surface area contributed by atoms with Crippen LogP contribution < -0.4 is 14.8 Å². The lowest BCUT2D eigenvalue weighted by atomic mass is 10.1. The summed E-state index contributed by atoms with van der Waals surface area (Å²) in [7, 11) is 0. The number of thiazole rings is 1. The van der Waals surface area contributed by atoms with Gasteiger partial charge in [0.15, 0.2) is 11.5 Å². The molecule has 1 N–H and O–H groups in total. The van der Waals surface area contributed by atoms with E-state index in [-0.39, 0.29) is 0 Å². The van der Waals surface area contributed by atoms with Gasteiger partial charge in [0.25, 0.3) is 0 Å². The van der Waals surface area contributed by atoms with E-state index in [1.54, 1.807) is 11.3 Å². The quantitative estimate of drug-likeness (QED) is 0.941. The van der Waals surface area contributed by atoms with E-state index in [9.17, 15) is 0 Å². The number of rotatable bonds is 4. The first kappa shape index (κ1) is 13.1. The van der Waals surface area contributed by atoms with Crippen LogP contribution in [0.1, 0.15) is 24.3 Å². The topological polar surface area (TPSA) is 43.4 Å². The van der Waals surface area contributed by atoms with Gasteiger partial charge in [0.05, 0.1) is 18.9 Å². The van der Waals surface area contributed by atoms with Crippen molar-refractivity contribution in [2.45, 2.75) is 31.8 Å². The second-order valence-electron chi connectivity index (χ2n) is 5.49. The Morgan fingerprint density at radius 3 is 2.90 bits per heavy atom. The molecule has 1 saturated carbocycles. The third-order valence-electron chi connectivity index (χ3n) is 3.71. The number of nitrogens with zero attached hydrogens (tertiary/aromatic N) is 1. The van der Waals surface area contributed by atoms with E-state index in [4.69, 9.17) is 14.5 Å². The maximum Gasteiger partial charge on any atom is 0.161 e. The molecule has 1 aliphatic heterocycles. The van der Waals surface area contributed by atoms with E-state index in [0.29, 0.717) is 6.61 Å². The van der Waals surface area contributed by atoms with Crippen LogP contribution in [-0.4, -0.2) is 24.2 Å². The molecule has 1 aromatic heterocycles. The van der Waals surface area contributed by atoms with Crippen LogP contribution in [0.15, 0.2) is 23.6 Å². The van der Waals surface area contributed by atoms with Crippen LogP contribution >= 0.6 is 11.3 Å². The highest BCUT2D eigenvalue weighted by Crippen LogP contribution is 2.34. The van der Waals surface area contributed by atoms with E-state index >= 15 is 0 Å². The summed E-state index contributed by atoms with van der Waals surface area (Å²) >= 11 is 1.71. The van der Waals surface area contributed by atoms with E-state index in [2.05, 4.69) is 16.8 Å². The minimum atomic E-state index is 0.712. The standard InChI is InChI=1S/C16H18N2O2S/c1-6-19-14-5-2-11(8-15(14)20-7-1)13-10-21-16(18-13)9-17-12-3-4-12/h2,5,8,10,12,17H,1,3-4,6-7,9H2. The molecule has 2 heterocycles. The highest BCUT2D eigenvalue weighted by Gasteiger charge is 2.20. The Bertz CT molecular complexity index is 637. The fourth-order valence-corrected chi connectivity index (χ4v) is 3.12. The molecular weight excluding hydrogens is 284 g/mol. The number of ether oxygens (including phenoxy) is 2. The number of fused-ring (bicyclic) bond motifs is 1. The molecule has 5 heteroatoms. The predicted octanol–water partition coefficient (Wildman–Crippen LogP) is 3.22. The second-order valence-corrected chi connectivity index (χ2v) is 6.44. The van der Waals surface area contributed by atoms with Crippen LogP contribution in [0.2, 0.25) is 0 Å². The summed E-state index contributed by atoms with van der Waals surface area (Å²) in [6, 6.07) is 6.79. The van der Waals surface area contributed by atoms with Crippen LogP contribution in [0, 0.1) is 0 Å². The molecule has 0 radical (unpaired) electrons. The predicted molar refractivity (Wildman–Crippen MR) is 83.0 cm³/mol. The van der Waals surface area contributed by atoms with Gasteiger partial charge in [-0.3, -0.25) is 0 Å². The second kappa shape index (κ2) is 5.66. The van der Waals surface area contributed by atoms with Crippen molar-refractivity contribution in [2.75, 3.05) is 13.2 Å². The van der Waals surface area contributed by atoms with E-state index < -0.39 is 0 Å². The van der Waals surface area contributed by atoms with Gasteiger partial charge in [-0.1, -0.05) is 0 Å². The summed E-state index contributed by atoms with van der Waals surface area (Å²) in [5.41, 5.74) is 2.11. The van der Waals surface area contributed by atoms with Crippen molar-refractivity contribution in [3.8, 4) is 22.8 Å². The van der Waals surface area contributed by atoms with Crippen LogP contribution in [-0.2, 0) is 6.54 Å². The molecule has 2 aromatic rings. The Morgan fingerprint density at radius 1 is 1.19 bits per heavy atom. The van der Waals surface area contributed by atoms with Gasteiger partial charge in [-0.2, -0.15) is 0 Å². The number of hydrogen-bond donors (Lipinski definition) is 1. The molecule has 1 fully saturated rings. The maximum absolute atomic E-state index is 5.74. The molecule has 21 heavy (non-hydrogen) atoms. The Hall–Kier alpha value is -1.59. The summed E-state index contributed by atoms with van der Waals surface area (Å²) in [6.07, 6.45) is 3.54. The van der Waals surface area contributed by atoms with Crippen molar-refractivity contribution >= 4 is 11.3 Å². The molecule has 4 rings (SSSR count). The van der Waals surface area contributed by atoms with Gasteiger partial charge in [-0.15, -0.1) is 11.3 Å². The van der Waals surface area contributed by atoms with Gasteiger partial charge < -0.3 is 14.8 Å². The Balaban J connectivity index is 1.53. The zero-order valence-corrected chi connectivity index (χ0v) is 12.6. The van der Waals surface area contributed by atoms with E-state index in [1.165, 1.54) is 12.8 Å². The monoisotopic (exact) mass is 302 g/mol. The van der Waals surface area contributed by atoms with Crippen molar-refractivity contribution in [1.82, 2.24) is 10.3 Å². The summed E-state index contributed by atoms with van der Waals surface area (Å²) in [5, 5.41) is 6.76. The fraction of sp³-hybridized carbons (Fsp3) is 0.438. The van der Waals surface area contributed by atoms with Crippen LogP contribution in [0.25, 0.3) is 11.3 Å². The summed E-state index contributed by atoms with van der Waals surface area (Å²) in [5.74, 6) is 1.66.